The van der Waals surface area contributed by atoms with Crippen molar-refractivity contribution < 1.29 is 72.1 Å². The number of hydrogen-bond donors (Lipinski definition) is 8. The molecule has 2 saturated heterocycles. The largest absolute Gasteiger partial charge is 0.394 e. The molecule has 2 aliphatic heterocycles. The predicted molar refractivity (Wildman–Crippen MR) is 68.6 cm³/mol. The minimum absolute atomic E-state index is 0. The number of rotatable bonds is 4. The molecule has 2 rings (SSSR count). The molecule has 0 saturated carbocycles. The van der Waals surface area contributed by atoms with Crippen molar-refractivity contribution >= 4 is 0 Å². The standard InChI is InChI=1S/C12H22O11.Fe/c13-1-3-5(15)6(16)9(19)12(22-3)23-10-4(2-14)21-11(20)8(18)7(10)17;/h3-20H,1-2H2;/t3-,4-,5+,6+,7-,8-,9-,10-,11-,12+;/m1./s1. The Morgan fingerprint density at radius 3 is 1.79 bits per heavy atom. The van der Waals surface area contributed by atoms with Crippen LogP contribution in [-0.4, -0.2) is 115 Å². The maximum atomic E-state index is 9.94. The summed E-state index contributed by atoms with van der Waals surface area (Å²) < 4.78 is 15.3. The van der Waals surface area contributed by atoms with E-state index >= 15 is 0 Å². The van der Waals surface area contributed by atoms with Crippen molar-refractivity contribution in [2.45, 2.75) is 61.4 Å². The molecule has 0 radical (unpaired) electrons. The van der Waals surface area contributed by atoms with Crippen LogP contribution in [0.2, 0.25) is 0 Å². The molecule has 10 atom stereocenters. The normalized spacial score (nSPS) is 49.5. The summed E-state index contributed by atoms with van der Waals surface area (Å²) in [5.41, 5.74) is 0. The second-order valence-electron chi connectivity index (χ2n) is 5.53. The molecule has 0 aromatic rings. The Hall–Kier alpha value is 0.0795. The Balaban J connectivity index is 0.00000288. The zero-order valence-electron chi connectivity index (χ0n) is 12.3. The summed E-state index contributed by atoms with van der Waals surface area (Å²) >= 11 is 0. The average Bonchev–Trinajstić information content (AvgIpc) is 2.55. The van der Waals surface area contributed by atoms with Crippen LogP contribution in [0.1, 0.15) is 0 Å². The predicted octanol–water partition coefficient (Wildman–Crippen LogP) is -5.40. The maximum absolute atomic E-state index is 9.94. The minimum Gasteiger partial charge on any atom is -0.394 e. The van der Waals surface area contributed by atoms with E-state index in [-0.39, 0.29) is 17.1 Å². The Labute approximate surface area is 147 Å². The van der Waals surface area contributed by atoms with E-state index in [0.717, 1.165) is 0 Å². The van der Waals surface area contributed by atoms with Gasteiger partial charge in [-0.2, -0.15) is 0 Å². The van der Waals surface area contributed by atoms with Crippen molar-refractivity contribution in [1.29, 1.82) is 0 Å². The fourth-order valence-corrected chi connectivity index (χ4v) is 2.57. The van der Waals surface area contributed by atoms with Crippen LogP contribution in [0.3, 0.4) is 0 Å². The van der Waals surface area contributed by atoms with Gasteiger partial charge in [-0.15, -0.1) is 0 Å². The van der Waals surface area contributed by atoms with E-state index in [2.05, 4.69) is 0 Å². The van der Waals surface area contributed by atoms with Crippen molar-refractivity contribution in [3.05, 3.63) is 0 Å². The summed E-state index contributed by atoms with van der Waals surface area (Å²) in [6.07, 6.45) is -15.6. The minimum atomic E-state index is -1.74. The monoisotopic (exact) mass is 398 g/mol. The number of hydrogen-bond acceptors (Lipinski definition) is 11. The number of ether oxygens (including phenoxy) is 3. The van der Waals surface area contributed by atoms with Crippen LogP contribution in [0.15, 0.2) is 0 Å². The van der Waals surface area contributed by atoms with Gasteiger partial charge in [-0.25, -0.2) is 0 Å². The van der Waals surface area contributed by atoms with Crippen molar-refractivity contribution in [3.63, 3.8) is 0 Å². The quantitative estimate of drug-likeness (QED) is 0.211. The molecule has 2 fully saturated rings. The van der Waals surface area contributed by atoms with E-state index in [0.29, 0.717) is 0 Å². The summed E-state index contributed by atoms with van der Waals surface area (Å²) in [4.78, 5) is 0. The third-order valence-corrected chi connectivity index (χ3v) is 3.98. The molecular weight excluding hydrogens is 376 g/mol. The molecule has 2 heterocycles. The van der Waals surface area contributed by atoms with Crippen LogP contribution in [0.25, 0.3) is 0 Å². The third-order valence-electron chi connectivity index (χ3n) is 3.98. The summed E-state index contributed by atoms with van der Waals surface area (Å²) in [7, 11) is 0. The van der Waals surface area contributed by atoms with Gasteiger partial charge in [-0.3, -0.25) is 0 Å². The van der Waals surface area contributed by atoms with Crippen LogP contribution in [0, 0.1) is 0 Å². The van der Waals surface area contributed by atoms with Crippen molar-refractivity contribution in [1.82, 2.24) is 0 Å². The van der Waals surface area contributed by atoms with Crippen LogP contribution < -0.4 is 0 Å². The van der Waals surface area contributed by atoms with E-state index < -0.39 is 74.6 Å². The summed E-state index contributed by atoms with van der Waals surface area (Å²) in [5.74, 6) is 0. The van der Waals surface area contributed by atoms with Gasteiger partial charge in [0.25, 0.3) is 0 Å². The van der Waals surface area contributed by atoms with Gasteiger partial charge in [0, 0.05) is 17.1 Å². The van der Waals surface area contributed by atoms with Gasteiger partial charge >= 0.3 is 0 Å². The first kappa shape index (κ1) is 22.1. The molecule has 0 bridgehead atoms. The first-order valence-corrected chi connectivity index (χ1v) is 7.08. The Morgan fingerprint density at radius 1 is 0.667 bits per heavy atom. The molecule has 0 aromatic carbocycles. The van der Waals surface area contributed by atoms with E-state index in [1.54, 1.807) is 0 Å². The Bertz CT molecular complexity index is 384. The van der Waals surface area contributed by atoms with E-state index in [1.165, 1.54) is 0 Å². The van der Waals surface area contributed by atoms with Gasteiger partial charge in [0.15, 0.2) is 12.6 Å². The molecule has 24 heavy (non-hydrogen) atoms. The van der Waals surface area contributed by atoms with Crippen LogP contribution >= 0.6 is 0 Å². The summed E-state index contributed by atoms with van der Waals surface area (Å²) in [5, 5.41) is 76.5. The van der Waals surface area contributed by atoms with Gasteiger partial charge < -0.3 is 55.1 Å². The average molecular weight is 398 g/mol. The van der Waals surface area contributed by atoms with E-state index in [1.807, 2.05) is 0 Å². The number of aliphatic hydroxyl groups is 8. The summed E-state index contributed by atoms with van der Waals surface area (Å²) in [6, 6.07) is 0. The topological polar surface area (TPSA) is 190 Å². The second-order valence-corrected chi connectivity index (χ2v) is 5.53. The van der Waals surface area contributed by atoms with E-state index in [4.69, 9.17) is 19.3 Å². The SMILES string of the molecule is OC[C@H]1O[C@@H](O[C@H]2[C@H](O)[C@@H](O)[C@H](O)O[C@@H]2CO)[C@H](O)[C@@H](O)[C@H]1O.[Fe]. The second kappa shape index (κ2) is 9.14. The zero-order valence-corrected chi connectivity index (χ0v) is 13.4. The molecule has 0 unspecified atom stereocenters. The molecule has 0 spiro atoms. The van der Waals surface area contributed by atoms with Gasteiger partial charge in [-0.1, -0.05) is 0 Å². The number of aliphatic hydroxyl groups excluding tert-OH is 8. The van der Waals surface area contributed by atoms with Crippen LogP contribution in [0.5, 0.6) is 0 Å². The third kappa shape index (κ3) is 4.24. The fourth-order valence-electron chi connectivity index (χ4n) is 2.57. The van der Waals surface area contributed by atoms with Crippen molar-refractivity contribution in [2.75, 3.05) is 13.2 Å². The van der Waals surface area contributed by atoms with E-state index in [9.17, 15) is 35.7 Å². The molecule has 0 aliphatic carbocycles. The fraction of sp³-hybridized carbons (Fsp3) is 1.00. The zero-order chi connectivity index (χ0) is 17.3. The smallest absolute Gasteiger partial charge is 0.187 e. The van der Waals surface area contributed by atoms with Crippen molar-refractivity contribution in [2.24, 2.45) is 0 Å². The maximum Gasteiger partial charge on any atom is 0.187 e. The molecule has 12 heteroatoms. The molecule has 0 amide bonds. The van der Waals surface area contributed by atoms with Crippen LogP contribution in [-0.2, 0) is 31.3 Å². The van der Waals surface area contributed by atoms with Crippen molar-refractivity contribution in [3.8, 4) is 0 Å². The van der Waals surface area contributed by atoms with Gasteiger partial charge in [0.1, 0.15) is 48.8 Å². The Kier molecular flexibility index (Phi) is 8.43. The molecule has 8 N–H and O–H groups in total. The first-order valence-electron chi connectivity index (χ1n) is 7.08. The molecule has 0 aromatic heterocycles. The van der Waals surface area contributed by atoms with Gasteiger partial charge in [0.2, 0.25) is 0 Å². The molecule has 11 nitrogen and oxygen atoms in total. The van der Waals surface area contributed by atoms with Gasteiger partial charge in [-0.05, 0) is 0 Å². The molecular formula is C12H22FeO11. The van der Waals surface area contributed by atoms with Crippen LogP contribution in [0.4, 0.5) is 0 Å². The first-order chi connectivity index (χ1) is 10.8. The Morgan fingerprint density at radius 2 is 1.25 bits per heavy atom. The summed E-state index contributed by atoms with van der Waals surface area (Å²) in [6.45, 7) is -1.35. The van der Waals surface area contributed by atoms with Gasteiger partial charge in [0.05, 0.1) is 13.2 Å². The molecule has 144 valence electrons. The molecule has 2 aliphatic rings.